The molecule has 25 heavy (non-hydrogen) atoms. The summed E-state index contributed by atoms with van der Waals surface area (Å²) in [6.07, 6.45) is 8.38. The van der Waals surface area contributed by atoms with Crippen molar-refractivity contribution in [3.8, 4) is 0 Å². The van der Waals surface area contributed by atoms with E-state index >= 15 is 0 Å². The number of carbonyl (C=O) groups excluding carboxylic acids is 1. The lowest BCUT2D eigenvalue weighted by molar-refractivity contribution is 0.0608. The summed E-state index contributed by atoms with van der Waals surface area (Å²) in [4.78, 5) is 23.1. The zero-order chi connectivity index (χ0) is 17.1. The van der Waals surface area contributed by atoms with Gasteiger partial charge in [0.05, 0.1) is 6.20 Å². The van der Waals surface area contributed by atoms with Crippen LogP contribution in [0.25, 0.3) is 0 Å². The zero-order valence-corrected chi connectivity index (χ0v) is 14.2. The van der Waals surface area contributed by atoms with Gasteiger partial charge in [0, 0.05) is 43.3 Å². The van der Waals surface area contributed by atoms with Gasteiger partial charge in [-0.3, -0.25) is 9.78 Å². The van der Waals surface area contributed by atoms with E-state index in [2.05, 4.69) is 20.6 Å². The molecule has 0 bridgehead atoms. The van der Waals surface area contributed by atoms with Crippen molar-refractivity contribution in [1.82, 2.24) is 20.2 Å². The minimum atomic E-state index is 0.114. The van der Waals surface area contributed by atoms with E-state index in [0.717, 1.165) is 50.3 Å². The highest BCUT2D eigenvalue weighted by atomic mass is 16.2. The fourth-order valence-corrected chi connectivity index (χ4v) is 3.83. The number of benzene rings is 1. The highest BCUT2D eigenvalue weighted by Gasteiger charge is 2.38. The first kappa shape index (κ1) is 16.0. The number of anilines is 2. The van der Waals surface area contributed by atoms with Crippen LogP contribution in [0.4, 0.5) is 11.5 Å². The van der Waals surface area contributed by atoms with Gasteiger partial charge in [0.1, 0.15) is 5.82 Å². The number of hydrogen-bond donors (Lipinski definition) is 2. The second-order valence-corrected chi connectivity index (χ2v) is 7.02. The molecule has 2 aliphatic rings. The maximum absolute atomic E-state index is 12.9. The van der Waals surface area contributed by atoms with Crippen LogP contribution in [0.3, 0.4) is 0 Å². The first-order valence-electron chi connectivity index (χ1n) is 8.87. The van der Waals surface area contributed by atoms with Crippen LogP contribution in [0, 0.1) is 5.41 Å². The summed E-state index contributed by atoms with van der Waals surface area (Å²) in [5.74, 6) is 0.782. The Bertz CT molecular complexity index is 732. The fraction of sp³-hybridized carbons (Fsp3) is 0.421. The first-order chi connectivity index (χ1) is 12.2. The number of hydrogen-bond acceptors (Lipinski definition) is 5. The van der Waals surface area contributed by atoms with E-state index in [9.17, 15) is 4.79 Å². The van der Waals surface area contributed by atoms with E-state index < -0.39 is 0 Å². The van der Waals surface area contributed by atoms with Crippen LogP contribution in [-0.4, -0.2) is 47.0 Å². The average molecular weight is 337 g/mol. The molecule has 0 saturated carbocycles. The van der Waals surface area contributed by atoms with Crippen molar-refractivity contribution in [2.24, 2.45) is 5.41 Å². The smallest absolute Gasteiger partial charge is 0.253 e. The zero-order valence-electron chi connectivity index (χ0n) is 14.2. The lowest BCUT2D eigenvalue weighted by Crippen LogP contribution is -2.44. The lowest BCUT2D eigenvalue weighted by Gasteiger charge is -2.39. The van der Waals surface area contributed by atoms with Gasteiger partial charge >= 0.3 is 0 Å². The molecule has 0 aliphatic carbocycles. The van der Waals surface area contributed by atoms with Crippen LogP contribution in [0.1, 0.15) is 29.6 Å². The maximum atomic E-state index is 12.9. The number of rotatable bonds is 3. The molecule has 2 saturated heterocycles. The topological polar surface area (TPSA) is 70.2 Å². The third kappa shape index (κ3) is 3.49. The molecule has 0 radical (unpaired) electrons. The van der Waals surface area contributed by atoms with Crippen molar-refractivity contribution in [3.63, 3.8) is 0 Å². The molecule has 1 amide bonds. The summed E-state index contributed by atoms with van der Waals surface area (Å²) < 4.78 is 0. The molecule has 3 heterocycles. The number of nitrogens with one attached hydrogen (secondary N) is 2. The molecule has 6 heteroatoms. The van der Waals surface area contributed by atoms with Crippen LogP contribution in [0.2, 0.25) is 0 Å². The molecular formula is C19H23N5O. The Morgan fingerprint density at radius 2 is 2.08 bits per heavy atom. The normalized spacial score (nSPS) is 19.1. The number of likely N-dealkylation sites (tertiary alicyclic amines) is 1. The molecule has 2 aliphatic heterocycles. The molecular weight excluding hydrogens is 314 g/mol. The Morgan fingerprint density at radius 1 is 1.20 bits per heavy atom. The number of piperidine rings is 1. The fourth-order valence-electron chi connectivity index (χ4n) is 3.83. The van der Waals surface area contributed by atoms with E-state index in [1.165, 1.54) is 6.42 Å². The Labute approximate surface area is 147 Å². The van der Waals surface area contributed by atoms with Crippen LogP contribution in [0.15, 0.2) is 42.9 Å². The Balaban J connectivity index is 1.43. The lowest BCUT2D eigenvalue weighted by atomic mass is 9.78. The standard InChI is InChI=1S/C19H23N5O/c25-18(24-10-5-19(6-11-24)4-7-21-14-19)15-2-1-3-16(12-15)23-17-13-20-8-9-22-17/h1-3,8-9,12-13,21H,4-7,10-11,14H2,(H,22,23). The van der Waals surface area contributed by atoms with Gasteiger partial charge in [-0.1, -0.05) is 6.07 Å². The van der Waals surface area contributed by atoms with Crippen molar-refractivity contribution < 1.29 is 4.79 Å². The first-order valence-corrected chi connectivity index (χ1v) is 8.87. The van der Waals surface area contributed by atoms with Crippen LogP contribution < -0.4 is 10.6 Å². The SMILES string of the molecule is O=C(c1cccc(Nc2cnccn2)c1)N1CCC2(CCNC2)CC1. The number of aromatic nitrogens is 2. The summed E-state index contributed by atoms with van der Waals surface area (Å²) >= 11 is 0. The van der Waals surface area contributed by atoms with Gasteiger partial charge in [-0.15, -0.1) is 0 Å². The molecule has 2 N–H and O–H groups in total. The molecule has 6 nitrogen and oxygen atoms in total. The predicted octanol–water partition coefficient (Wildman–Crippen LogP) is 2.44. The van der Waals surface area contributed by atoms with Crippen LogP contribution in [0.5, 0.6) is 0 Å². The predicted molar refractivity (Wildman–Crippen MR) is 96.8 cm³/mol. The summed E-state index contributed by atoms with van der Waals surface area (Å²) in [5, 5.41) is 6.66. The Hall–Kier alpha value is -2.47. The third-order valence-corrected chi connectivity index (χ3v) is 5.39. The number of nitrogens with zero attached hydrogens (tertiary/aromatic N) is 3. The monoisotopic (exact) mass is 337 g/mol. The van der Waals surface area contributed by atoms with Gasteiger partial charge in [0.25, 0.3) is 5.91 Å². The average Bonchev–Trinajstić information content (AvgIpc) is 3.11. The summed E-state index contributed by atoms with van der Waals surface area (Å²) in [7, 11) is 0. The second-order valence-electron chi connectivity index (χ2n) is 7.02. The van der Waals surface area contributed by atoms with Crippen molar-refractivity contribution >= 4 is 17.4 Å². The van der Waals surface area contributed by atoms with Crippen molar-refractivity contribution in [3.05, 3.63) is 48.4 Å². The van der Waals surface area contributed by atoms with Gasteiger partial charge in [-0.25, -0.2) is 4.98 Å². The number of carbonyl (C=O) groups is 1. The molecule has 1 aromatic carbocycles. The summed E-state index contributed by atoms with van der Waals surface area (Å²) in [5.41, 5.74) is 1.99. The third-order valence-electron chi connectivity index (χ3n) is 5.39. The highest BCUT2D eigenvalue weighted by molar-refractivity contribution is 5.95. The van der Waals surface area contributed by atoms with Crippen molar-refractivity contribution in [2.45, 2.75) is 19.3 Å². The van der Waals surface area contributed by atoms with Gasteiger partial charge < -0.3 is 15.5 Å². The quantitative estimate of drug-likeness (QED) is 0.900. The van der Waals surface area contributed by atoms with E-state index in [-0.39, 0.29) is 5.91 Å². The van der Waals surface area contributed by atoms with Crippen LogP contribution in [-0.2, 0) is 0 Å². The van der Waals surface area contributed by atoms with E-state index in [1.54, 1.807) is 18.6 Å². The Kier molecular flexibility index (Phi) is 4.36. The minimum Gasteiger partial charge on any atom is -0.339 e. The highest BCUT2D eigenvalue weighted by Crippen LogP contribution is 2.37. The largest absolute Gasteiger partial charge is 0.339 e. The summed E-state index contributed by atoms with van der Waals surface area (Å²) in [6, 6.07) is 7.60. The maximum Gasteiger partial charge on any atom is 0.253 e. The van der Waals surface area contributed by atoms with E-state index in [4.69, 9.17) is 0 Å². The van der Waals surface area contributed by atoms with Gasteiger partial charge in [-0.2, -0.15) is 0 Å². The molecule has 1 aromatic heterocycles. The molecule has 2 aromatic rings. The second kappa shape index (κ2) is 6.80. The molecule has 0 atom stereocenters. The molecule has 0 unspecified atom stereocenters. The van der Waals surface area contributed by atoms with Gasteiger partial charge in [-0.05, 0) is 49.4 Å². The van der Waals surface area contributed by atoms with Gasteiger partial charge in [0.15, 0.2) is 0 Å². The minimum absolute atomic E-state index is 0.114. The number of amides is 1. The molecule has 4 rings (SSSR count). The molecule has 130 valence electrons. The molecule has 1 spiro atoms. The Morgan fingerprint density at radius 3 is 2.80 bits per heavy atom. The van der Waals surface area contributed by atoms with E-state index in [0.29, 0.717) is 11.2 Å². The van der Waals surface area contributed by atoms with Crippen LogP contribution >= 0.6 is 0 Å². The van der Waals surface area contributed by atoms with Crippen molar-refractivity contribution in [1.29, 1.82) is 0 Å². The van der Waals surface area contributed by atoms with E-state index in [1.807, 2.05) is 29.2 Å². The summed E-state index contributed by atoms with van der Waals surface area (Å²) in [6.45, 7) is 3.92. The van der Waals surface area contributed by atoms with Gasteiger partial charge in [0.2, 0.25) is 0 Å². The molecule has 2 fully saturated rings. The van der Waals surface area contributed by atoms with Crippen molar-refractivity contribution in [2.75, 3.05) is 31.5 Å².